The Kier molecular flexibility index (Phi) is 3.91. The zero-order valence-electron chi connectivity index (χ0n) is 9.75. The van der Waals surface area contributed by atoms with Gasteiger partial charge in [0.2, 0.25) is 0 Å². The number of aromatic nitrogens is 1. The molecule has 1 aromatic carbocycles. The van der Waals surface area contributed by atoms with Crippen LogP contribution in [0, 0.1) is 0 Å². The third-order valence-electron chi connectivity index (χ3n) is 2.28. The normalized spacial score (nSPS) is 11.9. The van der Waals surface area contributed by atoms with Crippen LogP contribution in [0.25, 0.3) is 0 Å². The minimum absolute atomic E-state index is 0.354. The number of nitrogens with one attached hydrogen (secondary N) is 2. The maximum Gasteiger partial charge on any atom is 0.325 e. The van der Waals surface area contributed by atoms with Crippen LogP contribution in [0.1, 0.15) is 18.6 Å². The van der Waals surface area contributed by atoms with Crippen LogP contribution in [-0.4, -0.2) is 16.1 Å². The smallest absolute Gasteiger partial charge is 0.325 e. The van der Waals surface area contributed by atoms with Gasteiger partial charge in [-0.2, -0.15) is 0 Å². The van der Waals surface area contributed by atoms with Crippen molar-refractivity contribution in [3.63, 3.8) is 0 Å². The molecular weight excluding hydrogens is 250 g/mol. The summed E-state index contributed by atoms with van der Waals surface area (Å²) in [4.78, 5) is 15.6. The molecule has 1 aromatic heterocycles. The predicted octanol–water partition coefficient (Wildman–Crippen LogP) is 2.84. The summed E-state index contributed by atoms with van der Waals surface area (Å²) in [6, 6.07) is 6.71. The molecule has 0 aliphatic rings. The average Bonchev–Trinajstić information content (AvgIpc) is 2.82. The van der Waals surface area contributed by atoms with Crippen LogP contribution in [0.4, 0.5) is 15.6 Å². The van der Waals surface area contributed by atoms with Gasteiger partial charge in [-0.25, -0.2) is 9.78 Å². The molecule has 0 aliphatic heterocycles. The van der Waals surface area contributed by atoms with Crippen LogP contribution in [0.2, 0.25) is 0 Å². The molecule has 2 amide bonds. The van der Waals surface area contributed by atoms with Crippen LogP contribution < -0.4 is 10.6 Å². The number of aliphatic hydroxyl groups is 1. The van der Waals surface area contributed by atoms with Crippen molar-refractivity contribution in [2.45, 2.75) is 13.0 Å². The number of carbonyl (C=O) groups is 1. The van der Waals surface area contributed by atoms with Gasteiger partial charge in [0.15, 0.2) is 5.13 Å². The Morgan fingerprint density at radius 3 is 2.94 bits per heavy atom. The Balaban J connectivity index is 2.00. The molecule has 2 rings (SSSR count). The zero-order valence-corrected chi connectivity index (χ0v) is 10.6. The van der Waals surface area contributed by atoms with Crippen molar-refractivity contribution in [2.24, 2.45) is 0 Å². The molecule has 18 heavy (non-hydrogen) atoms. The first-order chi connectivity index (χ1) is 8.65. The van der Waals surface area contributed by atoms with Gasteiger partial charge in [-0.15, -0.1) is 11.3 Å². The van der Waals surface area contributed by atoms with E-state index in [1.165, 1.54) is 11.3 Å². The molecule has 2 aromatic rings. The van der Waals surface area contributed by atoms with Crippen LogP contribution >= 0.6 is 11.3 Å². The Morgan fingerprint density at radius 1 is 1.44 bits per heavy atom. The third kappa shape index (κ3) is 3.28. The van der Waals surface area contributed by atoms with Crippen LogP contribution in [0.5, 0.6) is 0 Å². The molecule has 0 aliphatic carbocycles. The fraction of sp³-hybridized carbons (Fsp3) is 0.167. The van der Waals surface area contributed by atoms with E-state index < -0.39 is 6.10 Å². The zero-order chi connectivity index (χ0) is 13.0. The van der Waals surface area contributed by atoms with E-state index in [9.17, 15) is 9.90 Å². The number of benzene rings is 1. The fourth-order valence-electron chi connectivity index (χ4n) is 1.42. The van der Waals surface area contributed by atoms with Gasteiger partial charge in [-0.05, 0) is 24.6 Å². The number of rotatable bonds is 3. The number of hydrogen-bond donors (Lipinski definition) is 3. The molecule has 0 bridgehead atoms. The monoisotopic (exact) mass is 263 g/mol. The van der Waals surface area contributed by atoms with E-state index in [-0.39, 0.29) is 6.03 Å². The number of amides is 2. The van der Waals surface area contributed by atoms with Gasteiger partial charge in [-0.3, -0.25) is 5.32 Å². The summed E-state index contributed by atoms with van der Waals surface area (Å²) in [5.74, 6) is 0. The van der Waals surface area contributed by atoms with E-state index in [4.69, 9.17) is 0 Å². The van der Waals surface area contributed by atoms with E-state index in [0.29, 0.717) is 10.8 Å². The summed E-state index contributed by atoms with van der Waals surface area (Å²) in [5, 5.41) is 17.1. The summed E-state index contributed by atoms with van der Waals surface area (Å²) in [7, 11) is 0. The van der Waals surface area contributed by atoms with Crippen molar-refractivity contribution in [1.29, 1.82) is 0 Å². The second-order valence-electron chi connectivity index (χ2n) is 3.72. The van der Waals surface area contributed by atoms with Gasteiger partial charge in [0.05, 0.1) is 6.10 Å². The molecule has 94 valence electrons. The van der Waals surface area contributed by atoms with Crippen molar-refractivity contribution in [3.8, 4) is 0 Å². The van der Waals surface area contributed by atoms with E-state index >= 15 is 0 Å². The minimum atomic E-state index is -0.561. The quantitative estimate of drug-likeness (QED) is 0.797. The van der Waals surface area contributed by atoms with Gasteiger partial charge in [0.25, 0.3) is 0 Å². The van der Waals surface area contributed by atoms with E-state index in [0.717, 1.165) is 5.56 Å². The highest BCUT2D eigenvalue weighted by Gasteiger charge is 2.06. The number of thiazole rings is 1. The third-order valence-corrected chi connectivity index (χ3v) is 2.97. The summed E-state index contributed by atoms with van der Waals surface area (Å²) in [5.41, 5.74) is 1.38. The Labute approximate surface area is 108 Å². The van der Waals surface area contributed by atoms with Gasteiger partial charge >= 0.3 is 6.03 Å². The molecular formula is C12H13N3O2S. The van der Waals surface area contributed by atoms with Gasteiger partial charge in [0.1, 0.15) is 0 Å². The molecule has 0 saturated heterocycles. The maximum absolute atomic E-state index is 11.6. The molecule has 3 N–H and O–H groups in total. The highest BCUT2D eigenvalue weighted by molar-refractivity contribution is 7.13. The summed E-state index contributed by atoms with van der Waals surface area (Å²) >= 11 is 1.35. The average molecular weight is 263 g/mol. The van der Waals surface area contributed by atoms with E-state index in [1.807, 2.05) is 0 Å². The molecule has 0 saturated carbocycles. The number of hydrogen-bond acceptors (Lipinski definition) is 4. The molecule has 0 radical (unpaired) electrons. The molecule has 1 heterocycles. The standard InChI is InChI=1S/C12H13N3O2S/c1-8(16)9-3-2-4-10(7-9)14-11(17)15-12-13-5-6-18-12/h2-8,16H,1H3,(H2,13,14,15,17). The maximum atomic E-state index is 11.6. The second-order valence-corrected chi connectivity index (χ2v) is 4.61. The predicted molar refractivity (Wildman–Crippen MR) is 71.8 cm³/mol. The van der Waals surface area contributed by atoms with Crippen LogP contribution in [0.3, 0.4) is 0 Å². The number of anilines is 2. The highest BCUT2D eigenvalue weighted by atomic mass is 32.1. The lowest BCUT2D eigenvalue weighted by molar-refractivity contribution is 0.199. The Hall–Kier alpha value is -1.92. The summed E-state index contributed by atoms with van der Waals surface area (Å²) < 4.78 is 0. The molecule has 1 atom stereocenters. The van der Waals surface area contributed by atoms with Crippen molar-refractivity contribution in [3.05, 3.63) is 41.4 Å². The van der Waals surface area contributed by atoms with Crippen LogP contribution in [0.15, 0.2) is 35.8 Å². The first-order valence-corrected chi connectivity index (χ1v) is 6.28. The number of nitrogens with zero attached hydrogens (tertiary/aromatic N) is 1. The van der Waals surface area contributed by atoms with Crippen LogP contribution in [-0.2, 0) is 0 Å². The fourth-order valence-corrected chi connectivity index (χ4v) is 1.94. The summed E-state index contributed by atoms with van der Waals surface area (Å²) in [6.07, 6.45) is 1.06. The Morgan fingerprint density at radius 2 is 2.28 bits per heavy atom. The highest BCUT2D eigenvalue weighted by Crippen LogP contribution is 2.17. The van der Waals surface area contributed by atoms with Gasteiger partial charge in [0, 0.05) is 17.3 Å². The van der Waals surface area contributed by atoms with Gasteiger partial charge < -0.3 is 10.4 Å². The number of urea groups is 1. The van der Waals surface area contributed by atoms with Crippen molar-refractivity contribution in [1.82, 2.24) is 4.98 Å². The molecule has 6 heteroatoms. The van der Waals surface area contributed by atoms with Crippen molar-refractivity contribution >= 4 is 28.2 Å². The largest absolute Gasteiger partial charge is 0.389 e. The molecule has 0 fully saturated rings. The molecule has 1 unspecified atom stereocenters. The second kappa shape index (κ2) is 5.61. The minimum Gasteiger partial charge on any atom is -0.389 e. The number of aliphatic hydroxyl groups excluding tert-OH is 1. The SMILES string of the molecule is CC(O)c1cccc(NC(=O)Nc2nccs2)c1. The van der Waals surface area contributed by atoms with E-state index in [1.54, 1.807) is 42.8 Å². The Bertz CT molecular complexity index is 526. The molecule has 0 spiro atoms. The van der Waals surface area contributed by atoms with Gasteiger partial charge in [-0.1, -0.05) is 12.1 Å². The van der Waals surface area contributed by atoms with E-state index in [2.05, 4.69) is 15.6 Å². The molecule has 5 nitrogen and oxygen atoms in total. The van der Waals surface area contributed by atoms with Crippen molar-refractivity contribution in [2.75, 3.05) is 10.6 Å². The number of carbonyl (C=O) groups excluding carboxylic acids is 1. The lowest BCUT2D eigenvalue weighted by Crippen LogP contribution is -2.19. The first kappa shape index (κ1) is 12.5. The first-order valence-electron chi connectivity index (χ1n) is 5.40. The topological polar surface area (TPSA) is 74.2 Å². The van der Waals surface area contributed by atoms with Crippen molar-refractivity contribution < 1.29 is 9.90 Å². The lowest BCUT2D eigenvalue weighted by atomic mass is 10.1. The lowest BCUT2D eigenvalue weighted by Gasteiger charge is -2.09. The summed E-state index contributed by atoms with van der Waals surface area (Å²) in [6.45, 7) is 1.68.